The van der Waals surface area contributed by atoms with Crippen LogP contribution in [0.15, 0.2) is 83.4 Å². The summed E-state index contributed by atoms with van der Waals surface area (Å²) in [7, 11) is 2.81. The predicted octanol–water partition coefficient (Wildman–Crippen LogP) is 6.00. The molecule has 138 valence electrons. The van der Waals surface area contributed by atoms with Crippen molar-refractivity contribution in [2.24, 2.45) is 4.99 Å². The van der Waals surface area contributed by atoms with E-state index in [4.69, 9.17) is 4.99 Å². The number of aromatic amines is 1. The smallest absolute Gasteiger partial charge is 0.0588 e. The number of thiol groups is 1. The standard InChI is InChI=1S/C23H25N2PS/c1-2-3-4-5-8-17-9-6-7-10-20(17)23(26)24-14-13-18-16-25-22-12-11-19(27)15-21(18)22/h2-4,6-7,9-12,15-16,25,27H,1,5,8,13-14,26H2/b4-3-,24-23?. The SMILES string of the molecule is C=C/C=C\CCc1ccccc1C(P)=NCCc1c[nH]c2ccc(S)cc12. The lowest BCUT2D eigenvalue weighted by Gasteiger charge is -2.08. The summed E-state index contributed by atoms with van der Waals surface area (Å²) in [5.74, 6) is 0. The minimum atomic E-state index is 0.757. The fraction of sp³-hybridized carbons (Fsp3) is 0.174. The third kappa shape index (κ3) is 5.22. The minimum Gasteiger partial charge on any atom is -0.361 e. The highest BCUT2D eigenvalue weighted by atomic mass is 32.1. The van der Waals surface area contributed by atoms with Gasteiger partial charge in [0.2, 0.25) is 0 Å². The summed E-state index contributed by atoms with van der Waals surface area (Å²) in [5.41, 5.74) is 5.99. The van der Waals surface area contributed by atoms with Crippen LogP contribution in [0.5, 0.6) is 0 Å². The molecule has 1 N–H and O–H groups in total. The van der Waals surface area contributed by atoms with Crippen LogP contribution in [0.1, 0.15) is 23.1 Å². The van der Waals surface area contributed by atoms with E-state index >= 15 is 0 Å². The molecule has 0 spiro atoms. The second kappa shape index (κ2) is 9.73. The molecule has 1 unspecified atom stereocenters. The molecule has 1 atom stereocenters. The van der Waals surface area contributed by atoms with Gasteiger partial charge in [-0.1, -0.05) is 58.3 Å². The second-order valence-corrected chi connectivity index (χ2v) is 7.48. The van der Waals surface area contributed by atoms with E-state index in [9.17, 15) is 0 Å². The summed E-state index contributed by atoms with van der Waals surface area (Å²) in [6.07, 6.45) is 10.9. The first kappa shape index (κ1) is 19.7. The number of rotatable bonds is 8. The van der Waals surface area contributed by atoms with Crippen molar-refractivity contribution in [1.29, 1.82) is 0 Å². The Hall–Kier alpha value is -2.09. The molecule has 0 saturated heterocycles. The van der Waals surface area contributed by atoms with Gasteiger partial charge in [0.1, 0.15) is 0 Å². The molecule has 0 aliphatic rings. The second-order valence-electron chi connectivity index (χ2n) is 6.42. The van der Waals surface area contributed by atoms with E-state index in [0.717, 1.165) is 41.7 Å². The lowest BCUT2D eigenvalue weighted by atomic mass is 10.0. The summed E-state index contributed by atoms with van der Waals surface area (Å²) in [4.78, 5) is 9.13. The Morgan fingerprint density at radius 1 is 1.15 bits per heavy atom. The number of H-pyrrole nitrogens is 1. The molecule has 0 aliphatic heterocycles. The molecule has 0 amide bonds. The van der Waals surface area contributed by atoms with Crippen LogP contribution in [0.25, 0.3) is 10.9 Å². The third-order valence-corrected chi connectivity index (χ3v) is 5.33. The van der Waals surface area contributed by atoms with Gasteiger partial charge in [-0.15, -0.1) is 12.6 Å². The Labute approximate surface area is 169 Å². The number of allylic oxidation sites excluding steroid dienone is 3. The van der Waals surface area contributed by atoms with Crippen LogP contribution in [-0.4, -0.2) is 17.0 Å². The van der Waals surface area contributed by atoms with Crippen LogP contribution in [0.3, 0.4) is 0 Å². The van der Waals surface area contributed by atoms with Crippen molar-refractivity contribution >= 4 is 38.2 Å². The van der Waals surface area contributed by atoms with Gasteiger partial charge in [-0.25, -0.2) is 0 Å². The average Bonchev–Trinajstić information content (AvgIpc) is 3.07. The number of aliphatic imine (C=N–C) groups is 1. The number of hydrogen-bond acceptors (Lipinski definition) is 2. The molecule has 0 radical (unpaired) electrons. The van der Waals surface area contributed by atoms with Crippen LogP contribution in [0.2, 0.25) is 0 Å². The Bertz CT molecular complexity index is 985. The normalized spacial score (nSPS) is 12.1. The van der Waals surface area contributed by atoms with Crippen LogP contribution in [0.4, 0.5) is 0 Å². The fourth-order valence-corrected chi connectivity index (χ4v) is 3.79. The fourth-order valence-electron chi connectivity index (χ4n) is 3.17. The molecule has 2 aromatic carbocycles. The monoisotopic (exact) mass is 392 g/mol. The zero-order valence-electron chi connectivity index (χ0n) is 15.4. The van der Waals surface area contributed by atoms with Crippen molar-refractivity contribution in [3.8, 4) is 0 Å². The Morgan fingerprint density at radius 2 is 2.00 bits per heavy atom. The van der Waals surface area contributed by atoms with Gasteiger partial charge in [-0.3, -0.25) is 4.99 Å². The largest absolute Gasteiger partial charge is 0.361 e. The highest BCUT2D eigenvalue weighted by Crippen LogP contribution is 2.22. The zero-order valence-corrected chi connectivity index (χ0v) is 17.4. The minimum absolute atomic E-state index is 0.757. The topological polar surface area (TPSA) is 28.1 Å². The molecule has 0 fully saturated rings. The van der Waals surface area contributed by atoms with Gasteiger partial charge in [0.25, 0.3) is 0 Å². The summed E-state index contributed by atoms with van der Waals surface area (Å²) in [6.45, 7) is 4.47. The van der Waals surface area contributed by atoms with Gasteiger partial charge in [0.15, 0.2) is 0 Å². The molecule has 3 aromatic rings. The number of aromatic nitrogens is 1. The van der Waals surface area contributed by atoms with Gasteiger partial charge < -0.3 is 4.98 Å². The third-order valence-electron chi connectivity index (χ3n) is 4.56. The summed E-state index contributed by atoms with van der Waals surface area (Å²) in [5, 5.41) is 1.23. The maximum Gasteiger partial charge on any atom is 0.0588 e. The summed E-state index contributed by atoms with van der Waals surface area (Å²) in [6, 6.07) is 14.7. The van der Waals surface area contributed by atoms with Crippen LogP contribution in [-0.2, 0) is 12.8 Å². The van der Waals surface area contributed by atoms with Crippen molar-refractivity contribution in [1.82, 2.24) is 4.98 Å². The number of benzene rings is 2. The number of nitrogens with zero attached hydrogens (tertiary/aromatic N) is 1. The first-order valence-corrected chi connectivity index (χ1v) is 10.2. The van der Waals surface area contributed by atoms with Gasteiger partial charge in [-0.05, 0) is 48.6 Å². The maximum atomic E-state index is 4.82. The molecule has 0 bridgehead atoms. The van der Waals surface area contributed by atoms with Crippen molar-refractivity contribution in [2.45, 2.75) is 24.2 Å². The number of fused-ring (bicyclic) bond motifs is 1. The quantitative estimate of drug-likeness (QED) is 0.204. The molecule has 1 heterocycles. The van der Waals surface area contributed by atoms with Gasteiger partial charge >= 0.3 is 0 Å². The summed E-state index contributed by atoms with van der Waals surface area (Å²) >= 11 is 4.45. The van der Waals surface area contributed by atoms with Crippen molar-refractivity contribution in [3.63, 3.8) is 0 Å². The molecule has 27 heavy (non-hydrogen) atoms. The number of aryl methyl sites for hydroxylation is 1. The van der Waals surface area contributed by atoms with E-state index < -0.39 is 0 Å². The summed E-state index contributed by atoms with van der Waals surface area (Å²) < 4.78 is 0. The molecule has 4 heteroatoms. The van der Waals surface area contributed by atoms with Crippen molar-refractivity contribution in [3.05, 3.63) is 90.2 Å². The number of hydrogen-bond donors (Lipinski definition) is 2. The molecule has 3 rings (SSSR count). The maximum absolute atomic E-state index is 4.82. The Kier molecular flexibility index (Phi) is 7.09. The highest BCUT2D eigenvalue weighted by Gasteiger charge is 2.06. The predicted molar refractivity (Wildman–Crippen MR) is 124 cm³/mol. The highest BCUT2D eigenvalue weighted by molar-refractivity contribution is 7.80. The molecule has 0 aliphatic carbocycles. The van der Waals surface area contributed by atoms with Crippen LogP contribution < -0.4 is 0 Å². The molecular formula is C23H25N2PS. The van der Waals surface area contributed by atoms with E-state index in [-0.39, 0.29) is 0 Å². The van der Waals surface area contributed by atoms with E-state index in [1.54, 1.807) is 0 Å². The van der Waals surface area contributed by atoms with Crippen molar-refractivity contribution in [2.75, 3.05) is 6.54 Å². The lowest BCUT2D eigenvalue weighted by molar-refractivity contribution is 0.974. The Morgan fingerprint density at radius 3 is 2.85 bits per heavy atom. The van der Waals surface area contributed by atoms with Gasteiger partial charge in [0.05, 0.1) is 5.45 Å². The molecule has 0 saturated carbocycles. The van der Waals surface area contributed by atoms with Gasteiger partial charge in [0, 0.05) is 34.1 Å². The Balaban J connectivity index is 1.69. The van der Waals surface area contributed by atoms with Gasteiger partial charge in [-0.2, -0.15) is 0 Å². The molecule has 1 aromatic heterocycles. The first-order chi connectivity index (χ1) is 13.2. The lowest BCUT2D eigenvalue weighted by Crippen LogP contribution is -2.00. The average molecular weight is 393 g/mol. The van der Waals surface area contributed by atoms with E-state index in [1.807, 2.05) is 18.2 Å². The van der Waals surface area contributed by atoms with E-state index in [2.05, 4.69) is 82.1 Å². The van der Waals surface area contributed by atoms with Crippen LogP contribution >= 0.6 is 21.9 Å². The first-order valence-electron chi connectivity index (χ1n) is 9.14. The van der Waals surface area contributed by atoms with Crippen LogP contribution in [0, 0.1) is 0 Å². The van der Waals surface area contributed by atoms with E-state index in [0.29, 0.717) is 0 Å². The molecular weight excluding hydrogens is 367 g/mol. The zero-order chi connectivity index (χ0) is 19.1. The van der Waals surface area contributed by atoms with Crippen molar-refractivity contribution < 1.29 is 0 Å². The van der Waals surface area contributed by atoms with E-state index in [1.165, 1.54) is 22.1 Å². The number of nitrogens with one attached hydrogen (secondary N) is 1. The molecule has 2 nitrogen and oxygen atoms in total.